The third kappa shape index (κ3) is 5.47. The van der Waals surface area contributed by atoms with E-state index < -0.39 is 18.2 Å². The summed E-state index contributed by atoms with van der Waals surface area (Å²) in [6.07, 6.45) is 3.38. The lowest BCUT2D eigenvalue weighted by Gasteiger charge is -2.60. The van der Waals surface area contributed by atoms with Crippen molar-refractivity contribution in [3.63, 3.8) is 0 Å². The topological polar surface area (TPSA) is 152 Å². The normalized spacial score (nSPS) is 29.3. The zero-order valence-electron chi connectivity index (χ0n) is 27.5. The van der Waals surface area contributed by atoms with Gasteiger partial charge in [-0.2, -0.15) is 0 Å². The summed E-state index contributed by atoms with van der Waals surface area (Å²) >= 11 is 0. The number of quaternary nitrogens is 1. The number of likely N-dealkylation sites (N-methyl/N-ethyl adjacent to an activating group) is 2. The summed E-state index contributed by atoms with van der Waals surface area (Å²) < 4.78 is 12.7. The largest absolute Gasteiger partial charge is 1.00 e. The third-order valence-electron chi connectivity index (χ3n) is 11.6. The van der Waals surface area contributed by atoms with Gasteiger partial charge in [-0.3, -0.25) is 14.4 Å². The van der Waals surface area contributed by atoms with Crippen LogP contribution in [0.4, 0.5) is 4.79 Å². The monoisotopic (exact) mass is 681 g/mol. The van der Waals surface area contributed by atoms with Crippen LogP contribution in [0.25, 0.3) is 0 Å². The number of phenols is 1. The fourth-order valence-corrected chi connectivity index (χ4v) is 9.26. The number of halogens is 1. The maximum atomic E-state index is 13.1. The fourth-order valence-electron chi connectivity index (χ4n) is 9.26. The van der Waals surface area contributed by atoms with E-state index in [-0.39, 0.29) is 60.8 Å². The molecule has 0 aromatic heterocycles. The zero-order valence-corrected chi connectivity index (χ0v) is 28.2. The molecule has 13 heteroatoms. The summed E-state index contributed by atoms with van der Waals surface area (Å²) in [4.78, 5) is 53.5. The van der Waals surface area contributed by atoms with Gasteiger partial charge in [0.15, 0.2) is 23.4 Å². The Bertz CT molecular complexity index is 1620. The molecule has 0 radical (unpaired) electrons. The first kappa shape index (κ1) is 34.0. The number of piperidine rings is 1. The fraction of sp³-hybridized carbons (Fsp3) is 0.543. The molecule has 3 aliphatic heterocycles. The van der Waals surface area contributed by atoms with E-state index >= 15 is 0 Å². The van der Waals surface area contributed by atoms with Crippen LogP contribution in [0.3, 0.4) is 0 Å². The van der Waals surface area contributed by atoms with Crippen LogP contribution in [0, 0.1) is 5.92 Å². The number of amides is 3. The Hall–Kier alpha value is -3.87. The van der Waals surface area contributed by atoms with Gasteiger partial charge in [-0.05, 0) is 55.2 Å². The number of nitrogens with two attached hydrogens (primary N) is 1. The Balaban J connectivity index is 0.00000401. The minimum atomic E-state index is -0.528. The number of ketones is 1. The van der Waals surface area contributed by atoms with Gasteiger partial charge in [0, 0.05) is 63.0 Å². The second-order valence-corrected chi connectivity index (χ2v) is 14.2. The number of carbonyl (C=O) groups excluding carboxylic acids is 4. The van der Waals surface area contributed by atoms with Gasteiger partial charge in [-0.25, -0.2) is 4.79 Å². The molecular weight excluding hydrogens is 638 g/mol. The number of nitrogens with one attached hydrogen (secondary N) is 1. The molecule has 7 rings (SSSR count). The average molecular weight is 682 g/mol. The number of hydrogen-bond donors (Lipinski definition) is 3. The molecule has 48 heavy (non-hydrogen) atoms. The van der Waals surface area contributed by atoms with Crippen LogP contribution in [0.5, 0.6) is 17.2 Å². The van der Waals surface area contributed by atoms with E-state index in [1.807, 2.05) is 30.3 Å². The Labute approximate surface area is 286 Å². The van der Waals surface area contributed by atoms with Crippen molar-refractivity contribution < 1.29 is 50.6 Å². The number of nitrogens with zero attached hydrogens (tertiary/aromatic N) is 3. The van der Waals surface area contributed by atoms with Crippen LogP contribution in [0.1, 0.15) is 48.8 Å². The van der Waals surface area contributed by atoms with Crippen molar-refractivity contribution in [2.45, 2.75) is 68.7 Å². The molecule has 5 aliphatic rings. The number of aromatic hydroxyl groups is 1. The first-order valence-corrected chi connectivity index (χ1v) is 16.7. The predicted octanol–water partition coefficient (Wildman–Crippen LogP) is -1.15. The van der Waals surface area contributed by atoms with Gasteiger partial charge in [-0.15, -0.1) is 0 Å². The number of ether oxygens (including phenoxy) is 2. The number of carbonyl (C=O) groups is 4. The van der Waals surface area contributed by atoms with Gasteiger partial charge in [0.2, 0.25) is 11.8 Å². The van der Waals surface area contributed by atoms with Crippen molar-refractivity contribution in [2.75, 3.05) is 46.8 Å². The van der Waals surface area contributed by atoms with Crippen LogP contribution in [0.2, 0.25) is 0 Å². The smallest absolute Gasteiger partial charge is 0.415 e. The van der Waals surface area contributed by atoms with E-state index in [1.165, 1.54) is 15.4 Å². The molecule has 2 bridgehead atoms. The van der Waals surface area contributed by atoms with Crippen LogP contribution in [-0.2, 0) is 32.8 Å². The van der Waals surface area contributed by atoms with Crippen molar-refractivity contribution in [3.8, 4) is 17.2 Å². The van der Waals surface area contributed by atoms with E-state index in [9.17, 15) is 24.3 Å². The summed E-state index contributed by atoms with van der Waals surface area (Å²) in [5.41, 5.74) is 8.53. The zero-order chi connectivity index (χ0) is 33.1. The van der Waals surface area contributed by atoms with Crippen LogP contribution >= 0.6 is 0 Å². The maximum absolute atomic E-state index is 13.1. The highest BCUT2D eigenvalue weighted by molar-refractivity contribution is 5.89. The third-order valence-corrected chi connectivity index (χ3v) is 11.6. The molecular formula is C35H44ClN5O7. The summed E-state index contributed by atoms with van der Waals surface area (Å²) in [6, 6.07) is 11.2. The average Bonchev–Trinajstić information content (AvgIpc) is 3.70. The molecule has 4 N–H and O–H groups in total. The molecule has 3 fully saturated rings. The van der Waals surface area contributed by atoms with Crippen molar-refractivity contribution >= 4 is 23.7 Å². The Morgan fingerprint density at radius 1 is 1.19 bits per heavy atom. The van der Waals surface area contributed by atoms with Gasteiger partial charge in [0.05, 0.1) is 31.6 Å². The van der Waals surface area contributed by atoms with Crippen molar-refractivity contribution in [1.82, 2.24) is 15.1 Å². The molecule has 2 aromatic rings. The molecule has 2 aliphatic carbocycles. The lowest BCUT2D eigenvalue weighted by atomic mass is 9.51. The summed E-state index contributed by atoms with van der Waals surface area (Å²) in [7, 11) is 3.93. The van der Waals surface area contributed by atoms with Gasteiger partial charge in [-0.1, -0.05) is 6.07 Å². The standard InChI is InChI=1S/C35H43N5O7.ClH/c1-38(16-14-37-33(44)25-4-3-15-39(25)29(43)19-36)34(45)46-23-8-5-21(6-9-23)20-40(2)17-13-35-24-10-12-28(42)32(35)47-31-27(41)11-7-22(30(31)35)18-26(24)40;/h5-9,11,24-26,32H,3-4,10,12-20,36H2,1-2H3,(H-,37,41,44);1H/t24-,25-,26+,32-,35-,40+;/m0./s1. The first-order chi connectivity index (χ1) is 22.6. The number of hydrogen-bond acceptors (Lipinski definition) is 8. The molecule has 3 amide bonds. The number of likely N-dealkylation sites (tertiary alicyclic amines) is 2. The highest BCUT2D eigenvalue weighted by atomic mass is 35.5. The minimum absolute atomic E-state index is 0. The second kappa shape index (κ2) is 12.9. The first-order valence-electron chi connectivity index (χ1n) is 16.7. The molecule has 2 aromatic carbocycles. The Morgan fingerprint density at radius 3 is 2.71 bits per heavy atom. The number of rotatable bonds is 8. The van der Waals surface area contributed by atoms with Crippen molar-refractivity contribution in [3.05, 3.63) is 53.1 Å². The number of Topliss-reactive ketones (excluding diaryl/α,β-unsaturated/α-hetero) is 1. The Kier molecular flexibility index (Phi) is 9.12. The van der Waals surface area contributed by atoms with Gasteiger partial charge < -0.3 is 52.3 Å². The van der Waals surface area contributed by atoms with Crippen molar-refractivity contribution in [2.24, 2.45) is 11.7 Å². The maximum Gasteiger partial charge on any atom is 0.415 e. The predicted molar refractivity (Wildman–Crippen MR) is 171 cm³/mol. The molecule has 6 atom stereocenters. The van der Waals surface area contributed by atoms with E-state index in [0.717, 1.165) is 54.4 Å². The molecule has 2 saturated heterocycles. The van der Waals surface area contributed by atoms with E-state index in [1.54, 1.807) is 13.1 Å². The lowest BCUT2D eigenvalue weighted by Crippen LogP contribution is -3.00. The van der Waals surface area contributed by atoms with Gasteiger partial charge >= 0.3 is 6.09 Å². The Morgan fingerprint density at radius 2 is 1.96 bits per heavy atom. The van der Waals surface area contributed by atoms with E-state index in [0.29, 0.717) is 42.8 Å². The lowest BCUT2D eigenvalue weighted by molar-refractivity contribution is -0.957. The van der Waals surface area contributed by atoms with E-state index in [2.05, 4.69) is 12.4 Å². The summed E-state index contributed by atoms with van der Waals surface area (Å²) in [6.45, 7) is 2.59. The molecule has 1 saturated carbocycles. The molecule has 12 nitrogen and oxygen atoms in total. The highest BCUT2D eigenvalue weighted by Gasteiger charge is 2.69. The van der Waals surface area contributed by atoms with Crippen LogP contribution in [-0.4, -0.2) is 108 Å². The summed E-state index contributed by atoms with van der Waals surface area (Å²) in [5, 5.41) is 13.4. The van der Waals surface area contributed by atoms with Gasteiger partial charge in [0.25, 0.3) is 0 Å². The van der Waals surface area contributed by atoms with Crippen LogP contribution < -0.4 is 32.9 Å². The number of phenolic OH excluding ortho intramolecular Hbond substituents is 1. The molecule has 0 unspecified atom stereocenters. The van der Waals surface area contributed by atoms with Crippen LogP contribution in [0.15, 0.2) is 36.4 Å². The molecule has 1 spiro atoms. The van der Waals surface area contributed by atoms with Crippen molar-refractivity contribution in [1.29, 1.82) is 0 Å². The highest BCUT2D eigenvalue weighted by Crippen LogP contribution is 2.64. The van der Waals surface area contributed by atoms with E-state index in [4.69, 9.17) is 15.2 Å². The quantitative estimate of drug-likeness (QED) is 0.296. The summed E-state index contributed by atoms with van der Waals surface area (Å²) in [5.74, 6) is 1.07. The SMILES string of the molecule is CN(CCNC(=O)[C@@H]1CCCN1C(=O)CN)C(=O)Oc1ccc(C[N@@+]2(C)CC[C@]34c5c6ccc(O)c5O[C@H]3C(=O)CC[C@H]4[C@H]2C6)cc1.[Cl-]. The number of benzene rings is 2. The minimum Gasteiger partial charge on any atom is -1.00 e. The second-order valence-electron chi connectivity index (χ2n) is 14.2. The van der Waals surface area contributed by atoms with Gasteiger partial charge in [0.1, 0.15) is 18.3 Å². The molecule has 258 valence electrons. The molecule has 3 heterocycles.